The van der Waals surface area contributed by atoms with Crippen molar-refractivity contribution in [2.24, 2.45) is 5.92 Å². The summed E-state index contributed by atoms with van der Waals surface area (Å²) in [7, 11) is 3.78. The lowest BCUT2D eigenvalue weighted by Gasteiger charge is -2.27. The SMILES string of the molecule is CNC1CCCC1CN(CCO)CCOC. The fraction of sp³-hybridized carbons (Fsp3) is 1.00. The maximum atomic E-state index is 9.03. The van der Waals surface area contributed by atoms with Gasteiger partial charge in [-0.1, -0.05) is 6.42 Å². The number of methoxy groups -OCH3 is 1. The topological polar surface area (TPSA) is 44.7 Å². The van der Waals surface area contributed by atoms with Crippen LogP contribution in [0.3, 0.4) is 0 Å². The number of rotatable bonds is 8. The molecule has 1 fully saturated rings. The lowest BCUT2D eigenvalue weighted by molar-refractivity contribution is 0.116. The number of nitrogens with zero attached hydrogens (tertiary/aromatic N) is 1. The van der Waals surface area contributed by atoms with Gasteiger partial charge in [0.25, 0.3) is 0 Å². The van der Waals surface area contributed by atoms with Gasteiger partial charge < -0.3 is 15.2 Å². The minimum atomic E-state index is 0.237. The Bertz CT molecular complexity index is 178. The van der Waals surface area contributed by atoms with Crippen LogP contribution >= 0.6 is 0 Å². The monoisotopic (exact) mass is 230 g/mol. The molecule has 0 radical (unpaired) electrons. The molecule has 4 nitrogen and oxygen atoms in total. The average Bonchev–Trinajstić information content (AvgIpc) is 2.73. The van der Waals surface area contributed by atoms with E-state index in [2.05, 4.69) is 17.3 Å². The molecule has 0 saturated heterocycles. The minimum absolute atomic E-state index is 0.237. The number of hydrogen-bond acceptors (Lipinski definition) is 4. The van der Waals surface area contributed by atoms with E-state index >= 15 is 0 Å². The van der Waals surface area contributed by atoms with Gasteiger partial charge in [0.05, 0.1) is 13.2 Å². The van der Waals surface area contributed by atoms with E-state index in [0.29, 0.717) is 6.04 Å². The van der Waals surface area contributed by atoms with Crippen LogP contribution in [-0.4, -0.2) is 63.1 Å². The van der Waals surface area contributed by atoms with Crippen LogP contribution in [0, 0.1) is 5.92 Å². The Morgan fingerprint density at radius 1 is 1.38 bits per heavy atom. The molecule has 0 aromatic rings. The maximum Gasteiger partial charge on any atom is 0.0589 e. The Labute approximate surface area is 99.0 Å². The van der Waals surface area contributed by atoms with E-state index in [1.165, 1.54) is 19.3 Å². The lowest BCUT2D eigenvalue weighted by Crippen LogP contribution is -2.40. The normalized spacial score (nSPS) is 25.5. The molecule has 2 N–H and O–H groups in total. The van der Waals surface area contributed by atoms with E-state index in [1.807, 2.05) is 0 Å². The minimum Gasteiger partial charge on any atom is -0.395 e. The summed E-state index contributed by atoms with van der Waals surface area (Å²) in [5, 5.41) is 12.4. The van der Waals surface area contributed by atoms with Crippen molar-refractivity contribution in [3.05, 3.63) is 0 Å². The van der Waals surface area contributed by atoms with E-state index < -0.39 is 0 Å². The van der Waals surface area contributed by atoms with Crippen LogP contribution in [0.1, 0.15) is 19.3 Å². The highest BCUT2D eigenvalue weighted by atomic mass is 16.5. The molecule has 0 bridgehead atoms. The summed E-state index contributed by atoms with van der Waals surface area (Å²) >= 11 is 0. The third kappa shape index (κ3) is 4.37. The van der Waals surface area contributed by atoms with Crippen LogP contribution in [0.25, 0.3) is 0 Å². The quantitative estimate of drug-likeness (QED) is 0.630. The first-order chi connectivity index (χ1) is 7.81. The number of aliphatic hydroxyl groups excluding tert-OH is 1. The van der Waals surface area contributed by atoms with E-state index in [0.717, 1.165) is 32.2 Å². The van der Waals surface area contributed by atoms with Crippen LogP contribution in [0.15, 0.2) is 0 Å². The lowest BCUT2D eigenvalue weighted by atomic mass is 10.0. The molecule has 16 heavy (non-hydrogen) atoms. The molecule has 96 valence electrons. The Morgan fingerprint density at radius 3 is 2.81 bits per heavy atom. The zero-order chi connectivity index (χ0) is 11.8. The van der Waals surface area contributed by atoms with E-state index in [1.54, 1.807) is 7.11 Å². The van der Waals surface area contributed by atoms with Crippen molar-refractivity contribution in [2.75, 3.05) is 47.0 Å². The third-order valence-corrected chi connectivity index (χ3v) is 3.55. The van der Waals surface area contributed by atoms with Gasteiger partial charge in [-0.2, -0.15) is 0 Å². The van der Waals surface area contributed by atoms with Crippen molar-refractivity contribution in [3.8, 4) is 0 Å². The van der Waals surface area contributed by atoms with Crippen LogP contribution in [0.4, 0.5) is 0 Å². The second-order valence-corrected chi connectivity index (χ2v) is 4.60. The summed E-state index contributed by atoms with van der Waals surface area (Å²) in [5.74, 6) is 0.730. The van der Waals surface area contributed by atoms with Crippen molar-refractivity contribution in [1.82, 2.24) is 10.2 Å². The predicted molar refractivity (Wildman–Crippen MR) is 65.6 cm³/mol. The smallest absolute Gasteiger partial charge is 0.0589 e. The van der Waals surface area contributed by atoms with Gasteiger partial charge in [0.2, 0.25) is 0 Å². The highest BCUT2D eigenvalue weighted by Gasteiger charge is 2.27. The molecule has 2 unspecified atom stereocenters. The van der Waals surface area contributed by atoms with Crippen LogP contribution in [0.5, 0.6) is 0 Å². The molecular formula is C12H26N2O2. The standard InChI is InChI=1S/C12H26N2O2/c1-13-12-5-3-4-11(12)10-14(6-8-15)7-9-16-2/h11-13,15H,3-10H2,1-2H3. The van der Waals surface area contributed by atoms with Gasteiger partial charge >= 0.3 is 0 Å². The first kappa shape index (κ1) is 13.9. The van der Waals surface area contributed by atoms with Gasteiger partial charge in [-0.15, -0.1) is 0 Å². The molecule has 1 rings (SSSR count). The molecule has 1 aliphatic rings. The molecule has 1 saturated carbocycles. The molecule has 0 aliphatic heterocycles. The Morgan fingerprint density at radius 2 is 2.19 bits per heavy atom. The van der Waals surface area contributed by atoms with Gasteiger partial charge in [-0.25, -0.2) is 0 Å². The third-order valence-electron chi connectivity index (χ3n) is 3.55. The predicted octanol–water partition coefficient (Wildman–Crippen LogP) is 0.315. The van der Waals surface area contributed by atoms with Crippen LogP contribution < -0.4 is 5.32 Å². The maximum absolute atomic E-state index is 9.03. The Balaban J connectivity index is 2.34. The summed E-state index contributed by atoms with van der Waals surface area (Å²) in [5.41, 5.74) is 0. The van der Waals surface area contributed by atoms with Gasteiger partial charge in [0.1, 0.15) is 0 Å². The number of hydrogen-bond donors (Lipinski definition) is 2. The molecule has 4 heteroatoms. The molecule has 0 heterocycles. The number of nitrogens with one attached hydrogen (secondary N) is 1. The highest BCUT2D eigenvalue weighted by molar-refractivity contribution is 4.84. The fourth-order valence-corrected chi connectivity index (χ4v) is 2.62. The summed E-state index contributed by atoms with van der Waals surface area (Å²) in [6.45, 7) is 3.74. The van der Waals surface area contributed by atoms with Crippen molar-refractivity contribution in [3.63, 3.8) is 0 Å². The Kier molecular flexibility index (Phi) is 6.96. The second-order valence-electron chi connectivity index (χ2n) is 4.60. The molecular weight excluding hydrogens is 204 g/mol. The summed E-state index contributed by atoms with van der Waals surface area (Å²) < 4.78 is 5.10. The Hall–Kier alpha value is -0.160. The van der Waals surface area contributed by atoms with Crippen LogP contribution in [-0.2, 0) is 4.74 Å². The van der Waals surface area contributed by atoms with Gasteiger partial charge in [-0.05, 0) is 25.8 Å². The molecule has 0 aromatic carbocycles. The fourth-order valence-electron chi connectivity index (χ4n) is 2.62. The molecule has 0 aromatic heterocycles. The van der Waals surface area contributed by atoms with Crippen molar-refractivity contribution in [2.45, 2.75) is 25.3 Å². The summed E-state index contributed by atoms with van der Waals surface area (Å²) in [6.07, 6.45) is 3.92. The van der Waals surface area contributed by atoms with E-state index in [9.17, 15) is 0 Å². The van der Waals surface area contributed by atoms with E-state index in [-0.39, 0.29) is 6.61 Å². The first-order valence-electron chi connectivity index (χ1n) is 6.31. The molecule has 2 atom stereocenters. The zero-order valence-corrected chi connectivity index (χ0v) is 10.6. The summed E-state index contributed by atoms with van der Waals surface area (Å²) in [6, 6.07) is 0.656. The summed E-state index contributed by atoms with van der Waals surface area (Å²) in [4.78, 5) is 2.31. The van der Waals surface area contributed by atoms with Gasteiger partial charge in [-0.3, -0.25) is 4.90 Å². The zero-order valence-electron chi connectivity index (χ0n) is 10.6. The van der Waals surface area contributed by atoms with Gasteiger partial charge in [0, 0.05) is 32.8 Å². The molecule has 0 amide bonds. The second kappa shape index (κ2) is 8.01. The van der Waals surface area contributed by atoms with Crippen molar-refractivity contribution in [1.29, 1.82) is 0 Å². The molecule has 0 spiro atoms. The first-order valence-corrected chi connectivity index (χ1v) is 6.31. The average molecular weight is 230 g/mol. The van der Waals surface area contributed by atoms with Crippen molar-refractivity contribution >= 4 is 0 Å². The van der Waals surface area contributed by atoms with E-state index in [4.69, 9.17) is 9.84 Å². The largest absolute Gasteiger partial charge is 0.395 e. The van der Waals surface area contributed by atoms with Crippen molar-refractivity contribution < 1.29 is 9.84 Å². The van der Waals surface area contributed by atoms with Gasteiger partial charge in [0.15, 0.2) is 0 Å². The molecule has 1 aliphatic carbocycles. The highest BCUT2D eigenvalue weighted by Crippen LogP contribution is 2.26. The van der Waals surface area contributed by atoms with Crippen LogP contribution in [0.2, 0.25) is 0 Å². The number of aliphatic hydroxyl groups is 1. The number of ether oxygens (including phenoxy) is 1.